The van der Waals surface area contributed by atoms with E-state index in [1.807, 2.05) is 30.3 Å². The van der Waals surface area contributed by atoms with Crippen molar-refractivity contribution in [3.05, 3.63) is 47.2 Å². The molecule has 2 rings (SSSR count). The SMILES string of the molecule is CCOC(=O)C1=C(C)N(N)C(=O)N[C@H]1c1ccccc1. The minimum atomic E-state index is -0.553. The Kier molecular flexibility index (Phi) is 4.05. The molecule has 6 heteroatoms. The summed E-state index contributed by atoms with van der Waals surface area (Å²) < 4.78 is 5.06. The number of nitrogens with one attached hydrogen (secondary N) is 1. The standard InChI is InChI=1S/C14H17N3O3/c1-3-20-13(18)11-9(2)17(15)14(19)16-12(11)10-7-5-4-6-8-10/h4-8,12H,3,15H2,1-2H3,(H,16,19)/t12-/m0/s1. The third-order valence-corrected chi connectivity index (χ3v) is 3.15. The van der Waals surface area contributed by atoms with Crippen LogP contribution in [0.5, 0.6) is 0 Å². The first-order chi connectivity index (χ1) is 9.56. The Bertz CT molecular complexity index is 554. The quantitative estimate of drug-likeness (QED) is 0.497. The van der Waals surface area contributed by atoms with Crippen LogP contribution in [0, 0.1) is 0 Å². The zero-order valence-electron chi connectivity index (χ0n) is 11.4. The molecule has 1 aliphatic heterocycles. The molecular weight excluding hydrogens is 258 g/mol. The lowest BCUT2D eigenvalue weighted by Crippen LogP contribution is -2.51. The highest BCUT2D eigenvalue weighted by Gasteiger charge is 2.35. The van der Waals surface area contributed by atoms with Gasteiger partial charge in [-0.25, -0.2) is 20.4 Å². The summed E-state index contributed by atoms with van der Waals surface area (Å²) in [6, 6.07) is 8.21. The maximum atomic E-state index is 12.1. The highest BCUT2D eigenvalue weighted by atomic mass is 16.5. The normalized spacial score (nSPS) is 18.9. The summed E-state index contributed by atoms with van der Waals surface area (Å²) in [7, 11) is 0. The maximum absolute atomic E-state index is 12.1. The molecule has 3 N–H and O–H groups in total. The van der Waals surface area contributed by atoms with Crippen molar-refractivity contribution in [2.24, 2.45) is 5.84 Å². The van der Waals surface area contributed by atoms with E-state index in [9.17, 15) is 9.59 Å². The summed E-state index contributed by atoms with van der Waals surface area (Å²) in [5.74, 6) is 5.16. The van der Waals surface area contributed by atoms with Gasteiger partial charge in [0.1, 0.15) is 0 Å². The van der Waals surface area contributed by atoms with Crippen LogP contribution in [0.25, 0.3) is 0 Å². The summed E-state index contributed by atoms with van der Waals surface area (Å²) >= 11 is 0. The van der Waals surface area contributed by atoms with Crippen LogP contribution in [-0.4, -0.2) is 23.6 Å². The van der Waals surface area contributed by atoms with Gasteiger partial charge in [-0.05, 0) is 19.4 Å². The van der Waals surface area contributed by atoms with Crippen LogP contribution in [0.3, 0.4) is 0 Å². The number of rotatable bonds is 3. The van der Waals surface area contributed by atoms with E-state index < -0.39 is 18.0 Å². The number of allylic oxidation sites excluding steroid dienone is 1. The number of benzene rings is 1. The van der Waals surface area contributed by atoms with E-state index in [0.717, 1.165) is 10.6 Å². The molecule has 0 fully saturated rings. The van der Waals surface area contributed by atoms with Gasteiger partial charge in [0.15, 0.2) is 0 Å². The largest absolute Gasteiger partial charge is 0.463 e. The van der Waals surface area contributed by atoms with Gasteiger partial charge in [0.05, 0.1) is 18.2 Å². The van der Waals surface area contributed by atoms with Crippen LogP contribution in [0.2, 0.25) is 0 Å². The molecule has 0 aromatic heterocycles. The topological polar surface area (TPSA) is 84.7 Å². The molecular formula is C14H17N3O3. The fourth-order valence-electron chi connectivity index (χ4n) is 2.13. The highest BCUT2D eigenvalue weighted by molar-refractivity contribution is 5.94. The smallest absolute Gasteiger partial charge is 0.338 e. The van der Waals surface area contributed by atoms with Gasteiger partial charge in [-0.15, -0.1) is 0 Å². The van der Waals surface area contributed by atoms with Crippen molar-refractivity contribution >= 4 is 12.0 Å². The molecule has 20 heavy (non-hydrogen) atoms. The molecule has 0 saturated heterocycles. The lowest BCUT2D eigenvalue weighted by Gasteiger charge is -2.32. The number of carbonyl (C=O) groups excluding carboxylic acids is 2. The molecule has 106 valence electrons. The van der Waals surface area contributed by atoms with Crippen molar-refractivity contribution < 1.29 is 14.3 Å². The molecule has 1 aromatic carbocycles. The second-order valence-corrected chi connectivity index (χ2v) is 4.38. The predicted octanol–water partition coefficient (Wildman–Crippen LogP) is 1.46. The Morgan fingerprint density at radius 1 is 1.40 bits per heavy atom. The molecule has 0 spiro atoms. The number of hydrogen-bond acceptors (Lipinski definition) is 4. The summed E-state index contributed by atoms with van der Waals surface area (Å²) in [5, 5.41) is 3.63. The van der Waals surface area contributed by atoms with Crippen LogP contribution < -0.4 is 11.2 Å². The zero-order valence-corrected chi connectivity index (χ0v) is 11.4. The molecule has 0 saturated carbocycles. The molecule has 1 atom stereocenters. The monoisotopic (exact) mass is 275 g/mol. The molecule has 0 bridgehead atoms. The molecule has 1 aliphatic rings. The van der Waals surface area contributed by atoms with Gasteiger partial charge < -0.3 is 10.1 Å². The Labute approximate surface area is 117 Å². The minimum absolute atomic E-state index is 0.260. The fourth-order valence-corrected chi connectivity index (χ4v) is 2.13. The number of hydrogen-bond donors (Lipinski definition) is 2. The highest BCUT2D eigenvalue weighted by Crippen LogP contribution is 2.29. The van der Waals surface area contributed by atoms with E-state index >= 15 is 0 Å². The zero-order chi connectivity index (χ0) is 14.7. The maximum Gasteiger partial charge on any atom is 0.338 e. The molecule has 0 unspecified atom stereocenters. The van der Waals surface area contributed by atoms with Crippen molar-refractivity contribution in [3.8, 4) is 0 Å². The van der Waals surface area contributed by atoms with Gasteiger partial charge in [0.25, 0.3) is 0 Å². The first-order valence-electron chi connectivity index (χ1n) is 6.34. The average Bonchev–Trinajstić information content (AvgIpc) is 2.45. The molecule has 1 heterocycles. The van der Waals surface area contributed by atoms with E-state index in [1.54, 1.807) is 13.8 Å². The lowest BCUT2D eigenvalue weighted by molar-refractivity contribution is -0.139. The Balaban J connectivity index is 2.48. The fraction of sp³-hybridized carbons (Fsp3) is 0.286. The number of nitrogens with zero attached hydrogens (tertiary/aromatic N) is 1. The second kappa shape index (κ2) is 5.75. The number of hydrazine groups is 1. The summed E-state index contributed by atoms with van der Waals surface area (Å²) in [4.78, 5) is 23.9. The van der Waals surface area contributed by atoms with Gasteiger partial charge in [0, 0.05) is 5.70 Å². The van der Waals surface area contributed by atoms with E-state index in [0.29, 0.717) is 11.3 Å². The van der Waals surface area contributed by atoms with Crippen molar-refractivity contribution in [1.29, 1.82) is 0 Å². The third-order valence-electron chi connectivity index (χ3n) is 3.15. The number of carbonyl (C=O) groups is 2. The van der Waals surface area contributed by atoms with Crippen LogP contribution >= 0.6 is 0 Å². The van der Waals surface area contributed by atoms with Crippen LogP contribution in [-0.2, 0) is 9.53 Å². The van der Waals surface area contributed by atoms with Crippen LogP contribution in [0.4, 0.5) is 4.79 Å². The second-order valence-electron chi connectivity index (χ2n) is 4.38. The number of urea groups is 1. The Hall–Kier alpha value is -2.34. The Morgan fingerprint density at radius 3 is 2.65 bits per heavy atom. The van der Waals surface area contributed by atoms with Gasteiger partial charge in [-0.3, -0.25) is 0 Å². The Morgan fingerprint density at radius 2 is 2.05 bits per heavy atom. The van der Waals surface area contributed by atoms with E-state index in [1.165, 1.54) is 0 Å². The molecule has 0 aliphatic carbocycles. The number of ether oxygens (including phenoxy) is 1. The van der Waals surface area contributed by atoms with Gasteiger partial charge in [-0.2, -0.15) is 0 Å². The predicted molar refractivity (Wildman–Crippen MR) is 73.1 cm³/mol. The molecule has 0 radical (unpaired) electrons. The van der Waals surface area contributed by atoms with Gasteiger partial charge in [-0.1, -0.05) is 30.3 Å². The van der Waals surface area contributed by atoms with Crippen molar-refractivity contribution in [3.63, 3.8) is 0 Å². The summed E-state index contributed by atoms with van der Waals surface area (Å²) in [6.07, 6.45) is 0. The van der Waals surface area contributed by atoms with E-state index in [2.05, 4.69) is 5.32 Å². The van der Waals surface area contributed by atoms with Crippen LogP contribution in [0.15, 0.2) is 41.6 Å². The lowest BCUT2D eigenvalue weighted by atomic mass is 9.95. The van der Waals surface area contributed by atoms with Crippen molar-refractivity contribution in [1.82, 2.24) is 10.3 Å². The number of nitrogens with two attached hydrogens (primary N) is 1. The van der Waals surface area contributed by atoms with Gasteiger partial charge >= 0.3 is 12.0 Å². The van der Waals surface area contributed by atoms with E-state index in [-0.39, 0.29) is 6.61 Å². The number of esters is 1. The minimum Gasteiger partial charge on any atom is -0.463 e. The third kappa shape index (κ3) is 2.50. The van der Waals surface area contributed by atoms with Gasteiger partial charge in [0.2, 0.25) is 0 Å². The van der Waals surface area contributed by atoms with E-state index in [4.69, 9.17) is 10.6 Å². The molecule has 1 aromatic rings. The van der Waals surface area contributed by atoms with Crippen LogP contribution in [0.1, 0.15) is 25.5 Å². The van der Waals surface area contributed by atoms with Crippen molar-refractivity contribution in [2.45, 2.75) is 19.9 Å². The summed E-state index contributed by atoms with van der Waals surface area (Å²) in [5.41, 5.74) is 1.54. The first-order valence-corrected chi connectivity index (χ1v) is 6.34. The number of amides is 2. The average molecular weight is 275 g/mol. The summed E-state index contributed by atoms with van der Waals surface area (Å²) in [6.45, 7) is 3.61. The molecule has 6 nitrogen and oxygen atoms in total. The first kappa shape index (κ1) is 14.1. The molecule has 2 amide bonds. The van der Waals surface area contributed by atoms with Crippen molar-refractivity contribution in [2.75, 3.05) is 6.61 Å².